The highest BCUT2D eigenvalue weighted by molar-refractivity contribution is 5.96. The molecule has 2 aromatic rings. The zero-order valence-electron chi connectivity index (χ0n) is 14.5. The van der Waals surface area contributed by atoms with Gasteiger partial charge < -0.3 is 19.5 Å². The van der Waals surface area contributed by atoms with Crippen LogP contribution in [0.3, 0.4) is 0 Å². The molecular formula is C19H23NO4. The summed E-state index contributed by atoms with van der Waals surface area (Å²) in [7, 11) is 4.83. The molecule has 0 fully saturated rings. The smallest absolute Gasteiger partial charge is 0.255 e. The van der Waals surface area contributed by atoms with E-state index in [0.29, 0.717) is 24.3 Å². The van der Waals surface area contributed by atoms with Gasteiger partial charge in [0.05, 0.1) is 26.9 Å². The average Bonchev–Trinajstić information content (AvgIpc) is 2.62. The Labute approximate surface area is 142 Å². The largest absolute Gasteiger partial charge is 0.496 e. The van der Waals surface area contributed by atoms with Crippen LogP contribution in [0.15, 0.2) is 36.4 Å². The third kappa shape index (κ3) is 3.98. The van der Waals surface area contributed by atoms with Gasteiger partial charge in [-0.25, -0.2) is 0 Å². The zero-order chi connectivity index (χ0) is 17.5. The Kier molecular flexibility index (Phi) is 6.07. The second-order valence-corrected chi connectivity index (χ2v) is 5.34. The minimum atomic E-state index is -0.162. The fraction of sp³-hybridized carbons (Fsp3) is 0.316. The number of aryl methyl sites for hydroxylation is 1. The number of ether oxygens (including phenoxy) is 3. The fourth-order valence-electron chi connectivity index (χ4n) is 2.55. The molecule has 0 saturated heterocycles. The summed E-state index contributed by atoms with van der Waals surface area (Å²) >= 11 is 0. The number of para-hydroxylation sites is 1. The summed E-state index contributed by atoms with van der Waals surface area (Å²) in [5.74, 6) is 2.00. The van der Waals surface area contributed by atoms with E-state index in [9.17, 15) is 4.79 Å². The average molecular weight is 329 g/mol. The van der Waals surface area contributed by atoms with Crippen molar-refractivity contribution < 1.29 is 19.0 Å². The molecule has 5 heteroatoms. The topological polar surface area (TPSA) is 56.8 Å². The highest BCUT2D eigenvalue weighted by Gasteiger charge is 2.12. The Morgan fingerprint density at radius 3 is 2.29 bits per heavy atom. The fourth-order valence-corrected chi connectivity index (χ4v) is 2.55. The molecule has 1 amide bonds. The predicted octanol–water partition coefficient (Wildman–Crippen LogP) is 2.99. The molecule has 0 atom stereocenters. The van der Waals surface area contributed by atoms with Crippen LogP contribution in [-0.4, -0.2) is 33.8 Å². The minimum absolute atomic E-state index is 0.162. The van der Waals surface area contributed by atoms with Crippen molar-refractivity contribution in [1.29, 1.82) is 0 Å². The van der Waals surface area contributed by atoms with E-state index in [-0.39, 0.29) is 5.91 Å². The van der Waals surface area contributed by atoms with Crippen molar-refractivity contribution in [1.82, 2.24) is 5.32 Å². The van der Waals surface area contributed by atoms with Gasteiger partial charge in [0.1, 0.15) is 17.2 Å². The van der Waals surface area contributed by atoms with Crippen LogP contribution in [0.4, 0.5) is 0 Å². The Morgan fingerprint density at radius 2 is 1.62 bits per heavy atom. The SMILES string of the molecule is COc1cc(CCNC(=O)c2ccccc2OC)c(OC)cc1C. The van der Waals surface area contributed by atoms with Gasteiger partial charge in [0.2, 0.25) is 0 Å². The highest BCUT2D eigenvalue weighted by atomic mass is 16.5. The van der Waals surface area contributed by atoms with Gasteiger partial charge in [-0.05, 0) is 48.7 Å². The Morgan fingerprint density at radius 1 is 0.958 bits per heavy atom. The zero-order valence-corrected chi connectivity index (χ0v) is 14.5. The quantitative estimate of drug-likeness (QED) is 0.848. The van der Waals surface area contributed by atoms with Crippen molar-refractivity contribution in [3.05, 3.63) is 53.1 Å². The van der Waals surface area contributed by atoms with Crippen LogP contribution in [0.1, 0.15) is 21.5 Å². The molecular weight excluding hydrogens is 306 g/mol. The number of amides is 1. The lowest BCUT2D eigenvalue weighted by atomic mass is 10.1. The monoisotopic (exact) mass is 329 g/mol. The van der Waals surface area contributed by atoms with Gasteiger partial charge in [-0.1, -0.05) is 12.1 Å². The molecule has 24 heavy (non-hydrogen) atoms. The summed E-state index contributed by atoms with van der Waals surface area (Å²) in [6.07, 6.45) is 0.640. The number of hydrogen-bond donors (Lipinski definition) is 1. The molecule has 0 aliphatic carbocycles. The lowest BCUT2D eigenvalue weighted by molar-refractivity contribution is 0.0951. The van der Waals surface area contributed by atoms with E-state index in [1.54, 1.807) is 33.5 Å². The van der Waals surface area contributed by atoms with Crippen LogP contribution >= 0.6 is 0 Å². The van der Waals surface area contributed by atoms with Gasteiger partial charge in [-0.2, -0.15) is 0 Å². The van der Waals surface area contributed by atoms with Gasteiger partial charge in [0.25, 0.3) is 5.91 Å². The number of methoxy groups -OCH3 is 3. The molecule has 128 valence electrons. The molecule has 0 aromatic heterocycles. The molecule has 0 aliphatic rings. The molecule has 2 aromatic carbocycles. The van der Waals surface area contributed by atoms with Crippen LogP contribution in [0.25, 0.3) is 0 Å². The van der Waals surface area contributed by atoms with Crippen molar-refractivity contribution in [2.45, 2.75) is 13.3 Å². The third-order valence-electron chi connectivity index (χ3n) is 3.83. The molecule has 0 heterocycles. The van der Waals surface area contributed by atoms with E-state index in [2.05, 4.69) is 5.32 Å². The molecule has 0 aliphatic heterocycles. The summed E-state index contributed by atoms with van der Waals surface area (Å²) in [5.41, 5.74) is 2.52. The first-order chi connectivity index (χ1) is 11.6. The van der Waals surface area contributed by atoms with Crippen LogP contribution in [0.5, 0.6) is 17.2 Å². The maximum Gasteiger partial charge on any atom is 0.255 e. The second kappa shape index (κ2) is 8.24. The van der Waals surface area contributed by atoms with Gasteiger partial charge in [-0.15, -0.1) is 0 Å². The number of hydrogen-bond acceptors (Lipinski definition) is 4. The maximum absolute atomic E-state index is 12.3. The predicted molar refractivity (Wildman–Crippen MR) is 93.3 cm³/mol. The lowest BCUT2D eigenvalue weighted by Crippen LogP contribution is -2.26. The summed E-state index contributed by atoms with van der Waals surface area (Å²) < 4.78 is 16.0. The molecule has 0 spiro atoms. The van der Waals surface area contributed by atoms with E-state index >= 15 is 0 Å². The van der Waals surface area contributed by atoms with Crippen molar-refractivity contribution in [2.24, 2.45) is 0 Å². The number of benzene rings is 2. The second-order valence-electron chi connectivity index (χ2n) is 5.34. The van der Waals surface area contributed by atoms with Crippen LogP contribution < -0.4 is 19.5 Å². The van der Waals surface area contributed by atoms with E-state index in [4.69, 9.17) is 14.2 Å². The standard InChI is InChI=1S/C19H23NO4/c1-13-11-18(24-4)14(12-17(13)23-3)9-10-20-19(21)15-7-5-6-8-16(15)22-2/h5-8,11-12H,9-10H2,1-4H3,(H,20,21). The van der Waals surface area contributed by atoms with E-state index < -0.39 is 0 Å². The van der Waals surface area contributed by atoms with Crippen LogP contribution in [-0.2, 0) is 6.42 Å². The van der Waals surface area contributed by atoms with Gasteiger partial charge in [-0.3, -0.25) is 4.79 Å². The first kappa shape index (κ1) is 17.7. The summed E-state index contributed by atoms with van der Waals surface area (Å²) in [5, 5.41) is 2.91. The highest BCUT2D eigenvalue weighted by Crippen LogP contribution is 2.28. The Balaban J connectivity index is 2.05. The molecule has 0 saturated carbocycles. The van der Waals surface area contributed by atoms with Crippen LogP contribution in [0.2, 0.25) is 0 Å². The van der Waals surface area contributed by atoms with Gasteiger partial charge >= 0.3 is 0 Å². The number of carbonyl (C=O) groups is 1. The molecule has 2 rings (SSSR count). The molecule has 5 nitrogen and oxygen atoms in total. The number of carbonyl (C=O) groups excluding carboxylic acids is 1. The van der Waals surface area contributed by atoms with E-state index in [1.807, 2.05) is 31.2 Å². The minimum Gasteiger partial charge on any atom is -0.496 e. The van der Waals surface area contributed by atoms with Gasteiger partial charge in [0.15, 0.2) is 0 Å². The van der Waals surface area contributed by atoms with Crippen molar-refractivity contribution in [2.75, 3.05) is 27.9 Å². The third-order valence-corrected chi connectivity index (χ3v) is 3.83. The van der Waals surface area contributed by atoms with Crippen molar-refractivity contribution in [3.8, 4) is 17.2 Å². The van der Waals surface area contributed by atoms with Gasteiger partial charge in [0, 0.05) is 6.54 Å². The van der Waals surface area contributed by atoms with Crippen LogP contribution in [0, 0.1) is 6.92 Å². The first-order valence-corrected chi connectivity index (χ1v) is 7.73. The van der Waals surface area contributed by atoms with E-state index in [1.165, 1.54) is 0 Å². The summed E-state index contributed by atoms with van der Waals surface area (Å²) in [4.78, 5) is 12.3. The number of nitrogens with one attached hydrogen (secondary N) is 1. The van der Waals surface area contributed by atoms with Crippen molar-refractivity contribution in [3.63, 3.8) is 0 Å². The normalized spacial score (nSPS) is 10.2. The van der Waals surface area contributed by atoms with Crippen molar-refractivity contribution >= 4 is 5.91 Å². The Hall–Kier alpha value is -2.69. The molecule has 0 bridgehead atoms. The Bertz CT molecular complexity index is 713. The summed E-state index contributed by atoms with van der Waals surface area (Å²) in [6, 6.07) is 11.0. The molecule has 0 radical (unpaired) electrons. The van der Waals surface area contributed by atoms with E-state index in [0.717, 1.165) is 22.6 Å². The lowest BCUT2D eigenvalue weighted by Gasteiger charge is -2.14. The summed E-state index contributed by atoms with van der Waals surface area (Å²) in [6.45, 7) is 2.45. The maximum atomic E-state index is 12.3. The first-order valence-electron chi connectivity index (χ1n) is 7.73. The number of rotatable bonds is 7. The molecule has 1 N–H and O–H groups in total. The molecule has 0 unspecified atom stereocenters.